The molecule has 2 heterocycles. The van der Waals surface area contributed by atoms with Crippen molar-refractivity contribution < 1.29 is 14.0 Å². The number of nitrogens with zero attached hydrogens (tertiary/aromatic N) is 2. The lowest BCUT2D eigenvalue weighted by Gasteiger charge is -2.39. The smallest absolute Gasteiger partial charge is 0.254 e. The fourth-order valence-electron chi connectivity index (χ4n) is 5.29. The highest BCUT2D eigenvalue weighted by Gasteiger charge is 2.38. The number of benzene rings is 2. The molecule has 0 saturated carbocycles. The number of carbonyl (C=O) groups excluding carboxylic acids is 2. The predicted molar refractivity (Wildman–Crippen MR) is 170 cm³/mol. The molecule has 0 spiro atoms. The number of hydrogen-bond donors (Lipinski definition) is 2. The average molecular weight is 577 g/mol. The lowest BCUT2D eigenvalue weighted by atomic mass is 9.89. The minimum atomic E-state index is -1.91. The van der Waals surface area contributed by atoms with E-state index in [4.69, 9.17) is 4.43 Å². The zero-order valence-corrected chi connectivity index (χ0v) is 27.5. The van der Waals surface area contributed by atoms with E-state index in [1.165, 1.54) is 5.56 Å². The van der Waals surface area contributed by atoms with Gasteiger partial charge in [0.25, 0.3) is 5.91 Å². The fourth-order valence-corrected chi connectivity index (χ4v) is 6.33. The Morgan fingerprint density at radius 1 is 0.976 bits per heavy atom. The summed E-state index contributed by atoms with van der Waals surface area (Å²) in [7, 11) is 1.68. The maximum Gasteiger partial charge on any atom is 0.254 e. The fraction of sp³-hybridized carbons (Fsp3) is 0.515. The van der Waals surface area contributed by atoms with Gasteiger partial charge in [-0.3, -0.25) is 14.9 Å². The third kappa shape index (κ3) is 6.45. The summed E-state index contributed by atoms with van der Waals surface area (Å²) in [4.78, 5) is 34.0. The highest BCUT2D eigenvalue weighted by Crippen LogP contribution is 2.37. The Morgan fingerprint density at radius 3 is 2.20 bits per heavy atom. The van der Waals surface area contributed by atoms with Crippen LogP contribution in [0.4, 0.5) is 0 Å². The number of hydrogen-bond acceptors (Lipinski definition) is 4. The van der Waals surface area contributed by atoms with Gasteiger partial charge in [-0.15, -0.1) is 0 Å². The normalized spacial score (nSPS) is 17.8. The lowest BCUT2D eigenvalue weighted by molar-refractivity contribution is -0.131. The number of aromatic amines is 1. The van der Waals surface area contributed by atoms with Crippen LogP contribution in [0.5, 0.6) is 0 Å². The van der Waals surface area contributed by atoms with Gasteiger partial charge in [0.05, 0.1) is 18.7 Å². The summed E-state index contributed by atoms with van der Waals surface area (Å²) in [5.41, 5.74) is 4.61. The second kappa shape index (κ2) is 11.4. The van der Waals surface area contributed by atoms with Gasteiger partial charge in [0.2, 0.25) is 5.91 Å². The summed E-state index contributed by atoms with van der Waals surface area (Å²) in [6.45, 7) is 18.4. The number of nitrogens with one attached hydrogen (secondary N) is 2. The molecule has 1 aromatic heterocycles. The van der Waals surface area contributed by atoms with Gasteiger partial charge in [-0.25, -0.2) is 0 Å². The maximum absolute atomic E-state index is 13.8. The van der Waals surface area contributed by atoms with Crippen molar-refractivity contribution in [2.75, 3.05) is 27.2 Å². The molecule has 7 nitrogen and oxygen atoms in total. The molecule has 0 radical (unpaired) electrons. The van der Waals surface area contributed by atoms with E-state index < -0.39 is 8.32 Å². The zero-order valence-electron chi connectivity index (χ0n) is 26.5. The van der Waals surface area contributed by atoms with Crippen molar-refractivity contribution in [2.45, 2.75) is 83.7 Å². The van der Waals surface area contributed by atoms with E-state index >= 15 is 0 Å². The van der Waals surface area contributed by atoms with Crippen molar-refractivity contribution >= 4 is 31.0 Å². The maximum atomic E-state index is 13.8. The lowest BCUT2D eigenvalue weighted by Crippen LogP contribution is -2.49. The first-order valence-corrected chi connectivity index (χ1v) is 17.5. The van der Waals surface area contributed by atoms with Crippen LogP contribution >= 0.6 is 0 Å². The first-order chi connectivity index (χ1) is 19.0. The van der Waals surface area contributed by atoms with Gasteiger partial charge >= 0.3 is 0 Å². The molecule has 8 heteroatoms. The van der Waals surface area contributed by atoms with Gasteiger partial charge in [-0.05, 0) is 74.7 Å². The van der Waals surface area contributed by atoms with Crippen LogP contribution < -0.4 is 5.32 Å². The van der Waals surface area contributed by atoms with Crippen molar-refractivity contribution in [3.63, 3.8) is 0 Å². The molecule has 0 fully saturated rings. The molecule has 1 aliphatic rings. The Kier molecular flexibility index (Phi) is 8.61. The van der Waals surface area contributed by atoms with Gasteiger partial charge < -0.3 is 19.2 Å². The molecule has 0 saturated heterocycles. The number of H-pyrrole nitrogens is 1. The molecule has 41 heavy (non-hydrogen) atoms. The number of aromatic nitrogens is 1. The second-order valence-corrected chi connectivity index (χ2v) is 18.8. The summed E-state index contributed by atoms with van der Waals surface area (Å²) in [6.07, 6.45) is 0.626. The molecule has 2 atom stereocenters. The van der Waals surface area contributed by atoms with E-state index in [1.807, 2.05) is 41.3 Å². The summed E-state index contributed by atoms with van der Waals surface area (Å²) in [5.74, 6) is 0.0462. The molecule has 2 N–H and O–H groups in total. The second-order valence-electron chi connectivity index (χ2n) is 14.0. The van der Waals surface area contributed by atoms with E-state index in [2.05, 4.69) is 77.1 Å². The third-order valence-electron chi connectivity index (χ3n) is 8.78. The summed E-state index contributed by atoms with van der Waals surface area (Å²) >= 11 is 0. The minimum absolute atomic E-state index is 0.00792. The largest absolute Gasteiger partial charge is 0.415 e. The predicted octanol–water partition coefficient (Wildman–Crippen LogP) is 6.12. The van der Waals surface area contributed by atoms with Gasteiger partial charge in [0, 0.05) is 48.3 Å². The number of fused-ring (bicyclic) bond motifs is 3. The first kappa shape index (κ1) is 31.0. The molecule has 4 rings (SSSR count). The summed E-state index contributed by atoms with van der Waals surface area (Å²) in [5, 5.41) is 4.86. The number of amides is 2. The van der Waals surface area contributed by atoms with E-state index in [9.17, 15) is 9.59 Å². The molecule has 0 bridgehead atoms. The van der Waals surface area contributed by atoms with Crippen LogP contribution in [0, 0.1) is 0 Å². The Bertz CT molecular complexity index is 1400. The van der Waals surface area contributed by atoms with Gasteiger partial charge in [0.1, 0.15) is 0 Å². The van der Waals surface area contributed by atoms with Crippen molar-refractivity contribution in [3.05, 3.63) is 70.9 Å². The van der Waals surface area contributed by atoms with Crippen LogP contribution in [0.3, 0.4) is 0 Å². The third-order valence-corrected chi connectivity index (χ3v) is 13.3. The zero-order chi connectivity index (χ0) is 30.3. The van der Waals surface area contributed by atoms with Crippen LogP contribution in [-0.2, 0) is 15.6 Å². The first-order valence-electron chi connectivity index (χ1n) is 14.6. The van der Waals surface area contributed by atoms with Crippen molar-refractivity contribution in [1.29, 1.82) is 0 Å². The molecule has 2 aromatic carbocycles. The monoisotopic (exact) mass is 576 g/mol. The molecule has 0 unspecified atom stereocenters. The van der Waals surface area contributed by atoms with Gasteiger partial charge in [-0.1, -0.05) is 51.1 Å². The molecule has 0 aliphatic carbocycles. The topological polar surface area (TPSA) is 77.7 Å². The van der Waals surface area contributed by atoms with E-state index in [0.29, 0.717) is 25.1 Å². The Labute approximate surface area is 246 Å². The Balaban J connectivity index is 1.59. The SMILES string of the molecule is CN(C)C(=O)[C@H]1Cc2c([nH]c3ccccc23)[C@H](c2ccc(C(=O)N(CCO[Si](C)(C)C(C)(C)C)C(C)(C)C)cc2)N1. The van der Waals surface area contributed by atoms with Gasteiger partial charge in [0.15, 0.2) is 8.32 Å². The van der Waals surface area contributed by atoms with Crippen molar-refractivity contribution in [2.24, 2.45) is 0 Å². The van der Waals surface area contributed by atoms with Crippen LogP contribution in [0.1, 0.15) is 74.8 Å². The minimum Gasteiger partial charge on any atom is -0.415 e. The van der Waals surface area contributed by atoms with E-state index in [-0.39, 0.29) is 34.5 Å². The van der Waals surface area contributed by atoms with E-state index in [0.717, 1.165) is 22.2 Å². The molecule has 222 valence electrons. The van der Waals surface area contributed by atoms with Crippen molar-refractivity contribution in [1.82, 2.24) is 20.1 Å². The Morgan fingerprint density at radius 2 is 1.61 bits per heavy atom. The van der Waals surface area contributed by atoms with Gasteiger partial charge in [-0.2, -0.15) is 0 Å². The molecular weight excluding hydrogens is 528 g/mol. The van der Waals surface area contributed by atoms with Crippen LogP contribution in [0.15, 0.2) is 48.5 Å². The number of carbonyl (C=O) groups is 2. The molecular formula is C33H48N4O3Si. The molecule has 2 amide bonds. The molecule has 1 aliphatic heterocycles. The standard InChI is InChI=1S/C33H48N4O3Si/c1-32(2,3)37(19-20-40-41(9,10)33(4,5)6)30(38)23-17-15-22(16-18-23)28-29-25(21-27(35-28)31(39)36(7)8)24-13-11-12-14-26(24)34-29/h11-18,27-28,34-35H,19-21H2,1-10H3/t27-,28+/m1/s1. The highest BCUT2D eigenvalue weighted by molar-refractivity contribution is 6.74. The number of likely N-dealkylation sites (N-methyl/N-ethyl adjacent to an activating group) is 1. The van der Waals surface area contributed by atoms with Crippen molar-refractivity contribution in [3.8, 4) is 0 Å². The average Bonchev–Trinajstić information content (AvgIpc) is 3.27. The quantitative estimate of drug-likeness (QED) is 0.332. The number of para-hydroxylation sites is 1. The van der Waals surface area contributed by atoms with E-state index in [1.54, 1.807) is 19.0 Å². The Hall–Kier alpha value is -2.94. The van der Waals surface area contributed by atoms with Crippen LogP contribution in [0.25, 0.3) is 10.9 Å². The number of rotatable bonds is 7. The van der Waals surface area contributed by atoms with Crippen LogP contribution in [0.2, 0.25) is 18.1 Å². The highest BCUT2D eigenvalue weighted by atomic mass is 28.4. The molecule has 3 aromatic rings. The van der Waals surface area contributed by atoms with Crippen LogP contribution in [-0.4, -0.2) is 73.7 Å². The summed E-state index contributed by atoms with van der Waals surface area (Å²) < 4.78 is 6.41. The summed E-state index contributed by atoms with van der Waals surface area (Å²) in [6, 6.07) is 15.6.